The molecule has 1 rings (SSSR count). The van der Waals surface area contributed by atoms with E-state index in [0.717, 1.165) is 11.1 Å². The second-order valence-corrected chi connectivity index (χ2v) is 3.07. The number of rotatable bonds is 2. The monoisotopic (exact) mass is 182 g/mol. The number of phenols is 1. The van der Waals surface area contributed by atoms with E-state index in [9.17, 15) is 5.11 Å². The zero-order valence-electron chi connectivity index (χ0n) is 6.97. The van der Waals surface area contributed by atoms with Crippen LogP contribution in [-0.2, 0) is 6.42 Å². The Labute approximate surface area is 77.3 Å². The molecule has 0 aliphatic rings. The topological polar surface area (TPSA) is 20.2 Å². The third-order valence-electron chi connectivity index (χ3n) is 1.86. The molecule has 0 aromatic heterocycles. The number of hydrogen-bond acceptors (Lipinski definition) is 1. The van der Waals surface area contributed by atoms with Gasteiger partial charge in [0, 0.05) is 10.6 Å². The Bertz CT molecular complexity index is 305. The highest BCUT2D eigenvalue weighted by Crippen LogP contribution is 2.27. The van der Waals surface area contributed by atoms with Gasteiger partial charge in [0.05, 0.1) is 0 Å². The lowest BCUT2D eigenvalue weighted by Gasteiger charge is -2.06. The molecule has 0 spiro atoms. The molecule has 0 saturated heterocycles. The van der Waals surface area contributed by atoms with Crippen molar-refractivity contribution >= 4 is 11.6 Å². The fourth-order valence-corrected chi connectivity index (χ4v) is 1.29. The molecule has 0 heterocycles. The Hall–Kier alpha value is -0.950. The summed E-state index contributed by atoms with van der Waals surface area (Å²) in [5.41, 5.74) is 1.79. The molecular formula is C10H11ClO. The van der Waals surface area contributed by atoms with Crippen molar-refractivity contribution in [3.8, 4) is 5.75 Å². The van der Waals surface area contributed by atoms with Gasteiger partial charge in [0.1, 0.15) is 5.75 Å². The number of aromatic hydroxyl groups is 1. The molecule has 1 aromatic carbocycles. The highest BCUT2D eigenvalue weighted by molar-refractivity contribution is 6.31. The molecule has 1 aromatic rings. The van der Waals surface area contributed by atoms with E-state index < -0.39 is 0 Å². The average Bonchev–Trinajstić information content (AvgIpc) is 2.06. The predicted octanol–water partition coefficient (Wildman–Crippen LogP) is 3.08. The Kier molecular flexibility index (Phi) is 2.77. The van der Waals surface area contributed by atoms with Crippen molar-refractivity contribution in [3.63, 3.8) is 0 Å². The standard InChI is InChI=1S/C10H11ClO/c1-3-4-8-7(2)9(11)5-6-10(8)12/h3,5-6,12H,1,4H2,2H3. The lowest BCUT2D eigenvalue weighted by Crippen LogP contribution is -1.88. The van der Waals surface area contributed by atoms with E-state index >= 15 is 0 Å². The van der Waals surface area contributed by atoms with Crippen molar-refractivity contribution in [2.75, 3.05) is 0 Å². The third kappa shape index (κ3) is 1.62. The number of phenolic OH excluding ortho intramolecular Hbond substituents is 1. The Morgan fingerprint density at radius 2 is 2.25 bits per heavy atom. The third-order valence-corrected chi connectivity index (χ3v) is 2.27. The first-order valence-electron chi connectivity index (χ1n) is 3.74. The van der Waals surface area contributed by atoms with Crippen LogP contribution in [-0.4, -0.2) is 5.11 Å². The van der Waals surface area contributed by atoms with Crippen LogP contribution in [0.2, 0.25) is 5.02 Å². The zero-order chi connectivity index (χ0) is 9.14. The minimum absolute atomic E-state index is 0.289. The minimum Gasteiger partial charge on any atom is -0.508 e. The summed E-state index contributed by atoms with van der Waals surface area (Å²) in [6.45, 7) is 5.50. The summed E-state index contributed by atoms with van der Waals surface area (Å²) in [4.78, 5) is 0. The molecular weight excluding hydrogens is 172 g/mol. The van der Waals surface area contributed by atoms with Gasteiger partial charge in [0.25, 0.3) is 0 Å². The Morgan fingerprint density at radius 1 is 1.58 bits per heavy atom. The van der Waals surface area contributed by atoms with Gasteiger partial charge in [-0.25, -0.2) is 0 Å². The highest BCUT2D eigenvalue weighted by Gasteiger charge is 2.05. The molecule has 0 aliphatic heterocycles. The minimum atomic E-state index is 0.289. The van der Waals surface area contributed by atoms with E-state index in [1.165, 1.54) is 0 Å². The van der Waals surface area contributed by atoms with Crippen LogP contribution in [0.15, 0.2) is 24.8 Å². The van der Waals surface area contributed by atoms with E-state index in [2.05, 4.69) is 6.58 Å². The molecule has 2 heteroatoms. The first-order valence-corrected chi connectivity index (χ1v) is 4.12. The molecule has 0 atom stereocenters. The molecule has 0 bridgehead atoms. The van der Waals surface area contributed by atoms with Crippen LogP contribution in [0.1, 0.15) is 11.1 Å². The highest BCUT2D eigenvalue weighted by atomic mass is 35.5. The summed E-state index contributed by atoms with van der Waals surface area (Å²) in [5.74, 6) is 0.289. The summed E-state index contributed by atoms with van der Waals surface area (Å²) >= 11 is 5.88. The summed E-state index contributed by atoms with van der Waals surface area (Å²) in [5, 5.41) is 10.1. The SMILES string of the molecule is C=CCc1c(O)ccc(Cl)c1C. The van der Waals surface area contributed by atoms with Gasteiger partial charge in [-0.1, -0.05) is 17.7 Å². The van der Waals surface area contributed by atoms with Gasteiger partial charge in [0.15, 0.2) is 0 Å². The summed E-state index contributed by atoms with van der Waals surface area (Å²) in [6.07, 6.45) is 2.40. The summed E-state index contributed by atoms with van der Waals surface area (Å²) in [6, 6.07) is 3.30. The Morgan fingerprint density at radius 3 is 2.83 bits per heavy atom. The van der Waals surface area contributed by atoms with Gasteiger partial charge >= 0.3 is 0 Å². The number of hydrogen-bond donors (Lipinski definition) is 1. The maximum absolute atomic E-state index is 9.44. The van der Waals surface area contributed by atoms with Crippen molar-refractivity contribution in [2.24, 2.45) is 0 Å². The molecule has 0 unspecified atom stereocenters. The van der Waals surface area contributed by atoms with Gasteiger partial charge in [-0.2, -0.15) is 0 Å². The van der Waals surface area contributed by atoms with Crippen LogP contribution in [0, 0.1) is 6.92 Å². The quantitative estimate of drug-likeness (QED) is 0.697. The first-order chi connectivity index (χ1) is 5.66. The van der Waals surface area contributed by atoms with E-state index in [0.29, 0.717) is 11.4 Å². The van der Waals surface area contributed by atoms with E-state index in [-0.39, 0.29) is 5.75 Å². The summed E-state index contributed by atoms with van der Waals surface area (Å²) in [7, 11) is 0. The zero-order valence-corrected chi connectivity index (χ0v) is 7.73. The molecule has 1 N–H and O–H groups in total. The van der Waals surface area contributed by atoms with Crippen molar-refractivity contribution in [1.29, 1.82) is 0 Å². The first kappa shape index (κ1) is 9.14. The fraction of sp³-hybridized carbons (Fsp3) is 0.200. The number of allylic oxidation sites excluding steroid dienone is 1. The van der Waals surface area contributed by atoms with E-state index in [1.54, 1.807) is 18.2 Å². The molecule has 0 aliphatic carbocycles. The summed E-state index contributed by atoms with van der Waals surface area (Å²) < 4.78 is 0. The van der Waals surface area contributed by atoms with Gasteiger partial charge in [-0.05, 0) is 31.0 Å². The van der Waals surface area contributed by atoms with Crippen LogP contribution < -0.4 is 0 Å². The number of benzene rings is 1. The molecule has 64 valence electrons. The fourth-order valence-electron chi connectivity index (χ4n) is 1.12. The van der Waals surface area contributed by atoms with Gasteiger partial charge < -0.3 is 5.11 Å². The smallest absolute Gasteiger partial charge is 0.119 e. The van der Waals surface area contributed by atoms with Gasteiger partial charge in [-0.3, -0.25) is 0 Å². The van der Waals surface area contributed by atoms with Crippen LogP contribution in [0.5, 0.6) is 5.75 Å². The van der Waals surface area contributed by atoms with Crippen molar-refractivity contribution in [2.45, 2.75) is 13.3 Å². The maximum Gasteiger partial charge on any atom is 0.119 e. The van der Waals surface area contributed by atoms with E-state index in [1.807, 2.05) is 6.92 Å². The largest absolute Gasteiger partial charge is 0.508 e. The van der Waals surface area contributed by atoms with E-state index in [4.69, 9.17) is 11.6 Å². The van der Waals surface area contributed by atoms with Crippen molar-refractivity contribution in [3.05, 3.63) is 40.9 Å². The maximum atomic E-state index is 9.44. The van der Waals surface area contributed by atoms with Crippen molar-refractivity contribution < 1.29 is 5.11 Å². The molecule has 12 heavy (non-hydrogen) atoms. The predicted molar refractivity (Wildman–Crippen MR) is 51.8 cm³/mol. The normalized spacial score (nSPS) is 9.83. The van der Waals surface area contributed by atoms with Crippen LogP contribution in [0.3, 0.4) is 0 Å². The van der Waals surface area contributed by atoms with Crippen molar-refractivity contribution in [1.82, 2.24) is 0 Å². The molecule has 0 saturated carbocycles. The molecule has 0 radical (unpaired) electrons. The molecule has 1 nitrogen and oxygen atoms in total. The lowest BCUT2D eigenvalue weighted by atomic mass is 10.0. The Balaban J connectivity index is 3.22. The molecule has 0 fully saturated rings. The van der Waals surface area contributed by atoms with Crippen LogP contribution in [0.25, 0.3) is 0 Å². The average molecular weight is 183 g/mol. The van der Waals surface area contributed by atoms with Gasteiger partial charge in [0.2, 0.25) is 0 Å². The van der Waals surface area contributed by atoms with Crippen LogP contribution >= 0.6 is 11.6 Å². The second kappa shape index (κ2) is 3.63. The number of halogens is 1. The lowest BCUT2D eigenvalue weighted by molar-refractivity contribution is 0.469. The second-order valence-electron chi connectivity index (χ2n) is 2.66. The van der Waals surface area contributed by atoms with Crippen LogP contribution in [0.4, 0.5) is 0 Å². The molecule has 0 amide bonds. The van der Waals surface area contributed by atoms with Gasteiger partial charge in [-0.15, -0.1) is 6.58 Å².